The van der Waals surface area contributed by atoms with Crippen molar-refractivity contribution >= 4 is 28.8 Å². The van der Waals surface area contributed by atoms with Crippen LogP contribution in [0.1, 0.15) is 25.3 Å². The zero-order chi connectivity index (χ0) is 21.4. The van der Waals surface area contributed by atoms with E-state index >= 15 is 0 Å². The first kappa shape index (κ1) is 19.8. The number of hydrogen-bond acceptors (Lipinski definition) is 5. The third-order valence-electron chi connectivity index (χ3n) is 5.59. The van der Waals surface area contributed by atoms with Gasteiger partial charge >= 0.3 is 0 Å². The Morgan fingerprint density at radius 3 is 2.30 bits per heavy atom. The molecule has 2 aliphatic rings. The topological polar surface area (TPSA) is 83.8 Å². The molecular weight excluding hydrogens is 389 g/mol. The van der Waals surface area contributed by atoms with Crippen LogP contribution < -0.4 is 4.90 Å². The largest absolute Gasteiger partial charge is 0.366 e. The van der Waals surface area contributed by atoms with E-state index in [2.05, 4.69) is 6.92 Å². The molecule has 0 aromatic heterocycles. The summed E-state index contributed by atoms with van der Waals surface area (Å²) in [6, 6.07) is 10.9. The Labute approximate surface area is 172 Å². The van der Waals surface area contributed by atoms with E-state index in [0.717, 1.165) is 23.8 Å². The standard InChI is InChI=1S/C22H20FN3O4/c1-14-9-11-24(12-10-14)20-19(15-5-7-17(8-6-15)26(29)30)21(27)25(22(20)28)18-4-2-3-16(23)13-18/h2-8,13-14H,9-12H2,1H3. The number of nitro groups is 1. The van der Waals surface area contributed by atoms with E-state index in [1.165, 1.54) is 42.5 Å². The van der Waals surface area contributed by atoms with Crippen molar-refractivity contribution in [3.05, 3.63) is 75.7 Å². The summed E-state index contributed by atoms with van der Waals surface area (Å²) in [4.78, 5) is 40.0. The highest BCUT2D eigenvalue weighted by atomic mass is 19.1. The Morgan fingerprint density at radius 2 is 1.70 bits per heavy atom. The number of imide groups is 1. The minimum absolute atomic E-state index is 0.105. The number of carbonyl (C=O) groups excluding carboxylic acids is 2. The quantitative estimate of drug-likeness (QED) is 0.436. The lowest BCUT2D eigenvalue weighted by atomic mass is 9.97. The average Bonchev–Trinajstić information content (AvgIpc) is 2.99. The van der Waals surface area contributed by atoms with Crippen LogP contribution in [-0.2, 0) is 9.59 Å². The van der Waals surface area contributed by atoms with Gasteiger partial charge in [0.15, 0.2) is 0 Å². The molecule has 2 heterocycles. The molecule has 2 aromatic carbocycles. The Bertz CT molecular complexity index is 1060. The Balaban J connectivity index is 1.80. The van der Waals surface area contributed by atoms with Crippen molar-refractivity contribution in [1.82, 2.24) is 4.90 Å². The van der Waals surface area contributed by atoms with E-state index in [1.807, 2.05) is 4.90 Å². The van der Waals surface area contributed by atoms with Crippen molar-refractivity contribution in [2.75, 3.05) is 18.0 Å². The SMILES string of the molecule is CC1CCN(C2=C(c3ccc([N+](=O)[O-])cc3)C(=O)N(c3cccc(F)c3)C2=O)CC1. The van der Waals surface area contributed by atoms with Gasteiger partial charge in [0.05, 0.1) is 16.2 Å². The van der Waals surface area contributed by atoms with Crippen molar-refractivity contribution < 1.29 is 18.9 Å². The number of likely N-dealkylation sites (tertiary alicyclic amines) is 1. The van der Waals surface area contributed by atoms with E-state index in [-0.39, 0.29) is 22.6 Å². The number of nitrogens with zero attached hydrogens (tertiary/aromatic N) is 3. The van der Waals surface area contributed by atoms with Gasteiger partial charge in [-0.3, -0.25) is 19.7 Å². The lowest BCUT2D eigenvalue weighted by molar-refractivity contribution is -0.384. The first-order valence-corrected chi connectivity index (χ1v) is 9.75. The van der Waals surface area contributed by atoms with Gasteiger partial charge in [-0.2, -0.15) is 0 Å². The first-order chi connectivity index (χ1) is 14.4. The van der Waals surface area contributed by atoms with Gasteiger partial charge in [-0.1, -0.05) is 13.0 Å². The maximum absolute atomic E-state index is 13.8. The van der Waals surface area contributed by atoms with Crippen LogP contribution in [0, 0.1) is 21.8 Å². The highest BCUT2D eigenvalue weighted by Crippen LogP contribution is 2.36. The minimum Gasteiger partial charge on any atom is -0.366 e. The van der Waals surface area contributed by atoms with Crippen LogP contribution in [0.15, 0.2) is 54.2 Å². The van der Waals surface area contributed by atoms with Crippen LogP contribution in [0.2, 0.25) is 0 Å². The number of piperidine rings is 1. The Hall–Kier alpha value is -3.55. The number of amides is 2. The molecule has 0 atom stereocenters. The summed E-state index contributed by atoms with van der Waals surface area (Å²) < 4.78 is 13.8. The molecule has 7 nitrogen and oxygen atoms in total. The molecule has 0 unspecified atom stereocenters. The smallest absolute Gasteiger partial charge is 0.282 e. The highest BCUT2D eigenvalue weighted by Gasteiger charge is 2.43. The van der Waals surface area contributed by atoms with E-state index in [1.54, 1.807) is 0 Å². The molecular formula is C22H20FN3O4. The molecule has 0 bridgehead atoms. The number of halogens is 1. The number of rotatable bonds is 4. The molecule has 2 aliphatic heterocycles. The van der Waals surface area contributed by atoms with Gasteiger partial charge in [0.2, 0.25) is 0 Å². The third-order valence-corrected chi connectivity index (χ3v) is 5.59. The summed E-state index contributed by atoms with van der Waals surface area (Å²) in [5.41, 5.74) is 0.932. The van der Waals surface area contributed by atoms with E-state index in [4.69, 9.17) is 0 Å². The van der Waals surface area contributed by atoms with Crippen LogP contribution in [0.4, 0.5) is 15.8 Å². The number of benzene rings is 2. The lowest BCUT2D eigenvalue weighted by Gasteiger charge is -2.32. The number of non-ortho nitro benzene ring substituents is 1. The van der Waals surface area contributed by atoms with Gasteiger partial charge in [0.25, 0.3) is 17.5 Å². The molecule has 4 rings (SSSR count). The minimum atomic E-state index is -0.562. The van der Waals surface area contributed by atoms with Crippen LogP contribution in [0.5, 0.6) is 0 Å². The molecule has 0 N–H and O–H groups in total. The van der Waals surface area contributed by atoms with Gasteiger partial charge in [-0.05, 0) is 54.7 Å². The summed E-state index contributed by atoms with van der Waals surface area (Å²) in [5, 5.41) is 11.0. The second kappa shape index (κ2) is 7.70. The van der Waals surface area contributed by atoms with E-state index in [9.17, 15) is 24.1 Å². The van der Waals surface area contributed by atoms with Gasteiger partial charge in [0.1, 0.15) is 11.5 Å². The molecule has 0 saturated carbocycles. The zero-order valence-electron chi connectivity index (χ0n) is 16.4. The predicted octanol–water partition coefficient (Wildman–Crippen LogP) is 3.75. The molecule has 2 amide bonds. The van der Waals surface area contributed by atoms with Crippen LogP contribution in [0.3, 0.4) is 0 Å². The predicted molar refractivity (Wildman–Crippen MR) is 109 cm³/mol. The molecule has 30 heavy (non-hydrogen) atoms. The fourth-order valence-electron chi connectivity index (χ4n) is 3.90. The zero-order valence-corrected chi connectivity index (χ0v) is 16.4. The van der Waals surface area contributed by atoms with Gasteiger partial charge in [0, 0.05) is 25.2 Å². The second-order valence-corrected chi connectivity index (χ2v) is 7.62. The summed E-state index contributed by atoms with van der Waals surface area (Å²) in [6.45, 7) is 3.40. The molecule has 0 aliphatic carbocycles. The van der Waals surface area contributed by atoms with Gasteiger partial charge in [-0.25, -0.2) is 9.29 Å². The van der Waals surface area contributed by atoms with E-state index < -0.39 is 22.6 Å². The molecule has 0 radical (unpaired) electrons. The van der Waals surface area contributed by atoms with Crippen molar-refractivity contribution in [3.63, 3.8) is 0 Å². The lowest BCUT2D eigenvalue weighted by Crippen LogP contribution is -2.38. The number of carbonyl (C=O) groups is 2. The summed E-state index contributed by atoms with van der Waals surface area (Å²) in [7, 11) is 0. The van der Waals surface area contributed by atoms with Crippen LogP contribution >= 0.6 is 0 Å². The third kappa shape index (κ3) is 3.45. The summed E-state index contributed by atoms with van der Waals surface area (Å²) in [5.74, 6) is -1.09. The maximum atomic E-state index is 13.8. The molecule has 154 valence electrons. The fourth-order valence-corrected chi connectivity index (χ4v) is 3.90. The summed E-state index contributed by atoms with van der Waals surface area (Å²) in [6.07, 6.45) is 1.77. The van der Waals surface area contributed by atoms with Crippen molar-refractivity contribution in [1.29, 1.82) is 0 Å². The van der Waals surface area contributed by atoms with Crippen LogP contribution in [-0.4, -0.2) is 34.7 Å². The van der Waals surface area contributed by atoms with Gasteiger partial charge in [-0.15, -0.1) is 0 Å². The number of hydrogen-bond donors (Lipinski definition) is 0. The van der Waals surface area contributed by atoms with E-state index in [0.29, 0.717) is 24.6 Å². The average molecular weight is 409 g/mol. The van der Waals surface area contributed by atoms with Crippen molar-refractivity contribution in [2.45, 2.75) is 19.8 Å². The molecule has 0 spiro atoms. The van der Waals surface area contributed by atoms with Crippen molar-refractivity contribution in [3.8, 4) is 0 Å². The monoisotopic (exact) mass is 409 g/mol. The number of nitro benzene ring substituents is 1. The maximum Gasteiger partial charge on any atom is 0.282 e. The molecule has 1 fully saturated rings. The number of anilines is 1. The van der Waals surface area contributed by atoms with Gasteiger partial charge < -0.3 is 4.90 Å². The van der Waals surface area contributed by atoms with Crippen LogP contribution in [0.25, 0.3) is 5.57 Å². The fraction of sp³-hybridized carbons (Fsp3) is 0.273. The Morgan fingerprint density at radius 1 is 1.03 bits per heavy atom. The normalized spacial score (nSPS) is 17.8. The highest BCUT2D eigenvalue weighted by molar-refractivity contribution is 6.45. The second-order valence-electron chi connectivity index (χ2n) is 7.62. The molecule has 1 saturated heterocycles. The Kier molecular flexibility index (Phi) is 5.07. The first-order valence-electron chi connectivity index (χ1n) is 9.75. The van der Waals surface area contributed by atoms with Crippen molar-refractivity contribution in [2.24, 2.45) is 5.92 Å². The summed E-state index contributed by atoms with van der Waals surface area (Å²) >= 11 is 0. The molecule has 8 heteroatoms. The molecule has 2 aromatic rings.